The molecule has 0 aromatic heterocycles. The summed E-state index contributed by atoms with van der Waals surface area (Å²) in [6, 6.07) is 0. The Morgan fingerprint density at radius 1 is 1.47 bits per heavy atom. The molecule has 1 N–H and O–H groups in total. The van der Waals surface area contributed by atoms with Crippen LogP contribution in [0.1, 0.15) is 39.5 Å². The van der Waals surface area contributed by atoms with Crippen molar-refractivity contribution in [3.05, 3.63) is 23.8 Å². The van der Waals surface area contributed by atoms with Gasteiger partial charge in [0.1, 0.15) is 0 Å². The maximum absolute atomic E-state index is 11.3. The highest BCUT2D eigenvalue weighted by atomic mass is 16.4. The number of carboxylic acid groups (broad SMARTS) is 1. The van der Waals surface area contributed by atoms with Crippen LogP contribution in [0.2, 0.25) is 0 Å². The summed E-state index contributed by atoms with van der Waals surface area (Å²) in [4.78, 5) is 11.3. The topological polar surface area (TPSA) is 37.3 Å². The highest BCUT2D eigenvalue weighted by Gasteiger charge is 2.65. The molecule has 2 fully saturated rings. The normalized spacial score (nSPS) is 47.9. The molecule has 0 amide bonds. The Hall–Kier alpha value is -1.05. The van der Waals surface area contributed by atoms with Crippen LogP contribution >= 0.6 is 0 Å². The van der Waals surface area contributed by atoms with E-state index in [1.165, 1.54) is 12.8 Å². The molecule has 0 bridgehead atoms. The van der Waals surface area contributed by atoms with Crippen LogP contribution in [0.4, 0.5) is 0 Å². The van der Waals surface area contributed by atoms with Gasteiger partial charge in [0.05, 0.1) is 5.57 Å². The highest BCUT2D eigenvalue weighted by Crippen LogP contribution is 2.72. The molecule has 17 heavy (non-hydrogen) atoms. The van der Waals surface area contributed by atoms with E-state index in [0.29, 0.717) is 11.5 Å². The van der Waals surface area contributed by atoms with Crippen molar-refractivity contribution in [1.82, 2.24) is 0 Å². The van der Waals surface area contributed by atoms with Crippen LogP contribution < -0.4 is 0 Å². The first-order chi connectivity index (χ1) is 7.92. The number of rotatable bonds is 1. The summed E-state index contributed by atoms with van der Waals surface area (Å²) in [6.07, 6.45) is 6.72. The summed E-state index contributed by atoms with van der Waals surface area (Å²) in [5.41, 5.74) is 1.53. The van der Waals surface area contributed by atoms with E-state index in [9.17, 15) is 9.90 Å². The fourth-order valence-corrected chi connectivity index (χ4v) is 5.00. The van der Waals surface area contributed by atoms with Crippen LogP contribution in [-0.2, 0) is 4.79 Å². The molecular weight excluding hydrogens is 212 g/mol. The van der Waals surface area contributed by atoms with Gasteiger partial charge in [-0.3, -0.25) is 0 Å². The van der Waals surface area contributed by atoms with E-state index in [2.05, 4.69) is 20.4 Å². The van der Waals surface area contributed by atoms with Gasteiger partial charge in [-0.2, -0.15) is 0 Å². The van der Waals surface area contributed by atoms with Crippen molar-refractivity contribution in [2.75, 3.05) is 0 Å². The molecule has 3 aliphatic rings. The van der Waals surface area contributed by atoms with Crippen LogP contribution in [0.25, 0.3) is 0 Å². The third-order valence-electron chi connectivity index (χ3n) is 5.86. The molecule has 0 saturated heterocycles. The van der Waals surface area contributed by atoms with E-state index in [1.54, 1.807) is 0 Å². The summed E-state index contributed by atoms with van der Waals surface area (Å²) in [7, 11) is 0. The molecule has 4 atom stereocenters. The highest BCUT2D eigenvalue weighted by molar-refractivity contribution is 5.94. The predicted octanol–water partition coefficient (Wildman–Crippen LogP) is 3.40. The zero-order valence-corrected chi connectivity index (χ0v) is 10.6. The molecule has 2 saturated carbocycles. The molecule has 3 aliphatic carbocycles. The van der Waals surface area contributed by atoms with Gasteiger partial charge in [-0.1, -0.05) is 26.5 Å². The molecule has 1 spiro atoms. The molecule has 0 radical (unpaired) electrons. The van der Waals surface area contributed by atoms with E-state index in [-0.39, 0.29) is 10.8 Å². The Bertz CT molecular complexity index is 448. The van der Waals surface area contributed by atoms with Gasteiger partial charge in [0, 0.05) is 5.41 Å². The lowest BCUT2D eigenvalue weighted by Gasteiger charge is -2.39. The van der Waals surface area contributed by atoms with Crippen LogP contribution in [0.15, 0.2) is 23.8 Å². The first-order valence-electron chi connectivity index (χ1n) is 6.58. The zero-order chi connectivity index (χ0) is 12.4. The van der Waals surface area contributed by atoms with Gasteiger partial charge in [0.2, 0.25) is 0 Å². The number of carbonyl (C=O) groups is 1. The zero-order valence-electron chi connectivity index (χ0n) is 10.6. The molecule has 0 aromatic rings. The SMILES string of the molecule is C=C1C(C(=O)O)=C[C@]2(C)CC[C@H]3[C@H](C)CC[C@]132. The lowest BCUT2D eigenvalue weighted by molar-refractivity contribution is -0.132. The molecule has 92 valence electrons. The second-order valence-electron chi connectivity index (χ2n) is 6.39. The van der Waals surface area contributed by atoms with Crippen molar-refractivity contribution in [2.45, 2.75) is 39.5 Å². The minimum absolute atomic E-state index is 0.0488. The fourth-order valence-electron chi connectivity index (χ4n) is 5.00. The Balaban J connectivity index is 2.13. The van der Waals surface area contributed by atoms with E-state index in [0.717, 1.165) is 24.3 Å². The maximum atomic E-state index is 11.3. The smallest absolute Gasteiger partial charge is 0.335 e. The molecule has 2 heteroatoms. The van der Waals surface area contributed by atoms with Gasteiger partial charge in [-0.25, -0.2) is 4.79 Å². The Labute approximate surface area is 102 Å². The average Bonchev–Trinajstić information content (AvgIpc) is 2.80. The van der Waals surface area contributed by atoms with Crippen molar-refractivity contribution in [3.8, 4) is 0 Å². The molecular formula is C15H20O2. The lowest BCUT2D eigenvalue weighted by Crippen LogP contribution is -2.34. The summed E-state index contributed by atoms with van der Waals surface area (Å²) >= 11 is 0. The third-order valence-corrected chi connectivity index (χ3v) is 5.86. The Kier molecular flexibility index (Phi) is 1.98. The standard InChI is InChI=1S/C15H20O2/c1-9-4-7-15-10(2)11(13(16)17)8-14(15,3)6-5-12(9)15/h8-9,12H,2,4-7H2,1,3H3,(H,16,17)/t9-,12+,14+,15+/m1/s1. The summed E-state index contributed by atoms with van der Waals surface area (Å²) in [5.74, 6) is 0.571. The van der Waals surface area contributed by atoms with Gasteiger partial charge in [0.25, 0.3) is 0 Å². The van der Waals surface area contributed by atoms with E-state index in [1.807, 2.05) is 6.08 Å². The Morgan fingerprint density at radius 2 is 2.18 bits per heavy atom. The lowest BCUT2D eigenvalue weighted by atomic mass is 9.63. The Morgan fingerprint density at radius 3 is 2.82 bits per heavy atom. The van der Waals surface area contributed by atoms with Gasteiger partial charge < -0.3 is 5.11 Å². The second kappa shape index (κ2) is 3.04. The minimum Gasteiger partial charge on any atom is -0.478 e. The second-order valence-corrected chi connectivity index (χ2v) is 6.39. The number of carboxylic acids is 1. The van der Waals surface area contributed by atoms with Gasteiger partial charge in [0.15, 0.2) is 0 Å². The number of allylic oxidation sites excluding steroid dienone is 1. The van der Waals surface area contributed by atoms with Crippen molar-refractivity contribution in [2.24, 2.45) is 22.7 Å². The number of hydrogen-bond acceptors (Lipinski definition) is 1. The monoisotopic (exact) mass is 232 g/mol. The fraction of sp³-hybridized carbons (Fsp3) is 0.667. The first-order valence-corrected chi connectivity index (χ1v) is 6.58. The average molecular weight is 232 g/mol. The number of hydrogen-bond donors (Lipinski definition) is 1. The van der Waals surface area contributed by atoms with Gasteiger partial charge >= 0.3 is 5.97 Å². The van der Waals surface area contributed by atoms with Crippen LogP contribution in [0.5, 0.6) is 0 Å². The summed E-state index contributed by atoms with van der Waals surface area (Å²) in [6.45, 7) is 8.72. The molecule has 0 aliphatic heterocycles. The summed E-state index contributed by atoms with van der Waals surface area (Å²) in [5, 5.41) is 9.31. The molecule has 2 nitrogen and oxygen atoms in total. The van der Waals surface area contributed by atoms with Gasteiger partial charge in [-0.15, -0.1) is 0 Å². The van der Waals surface area contributed by atoms with Crippen molar-refractivity contribution < 1.29 is 9.90 Å². The van der Waals surface area contributed by atoms with Crippen LogP contribution in [0, 0.1) is 22.7 Å². The summed E-state index contributed by atoms with van der Waals surface area (Å²) < 4.78 is 0. The van der Waals surface area contributed by atoms with E-state index in [4.69, 9.17) is 0 Å². The number of aliphatic carboxylic acids is 1. The van der Waals surface area contributed by atoms with E-state index < -0.39 is 5.97 Å². The van der Waals surface area contributed by atoms with E-state index >= 15 is 0 Å². The molecule has 0 unspecified atom stereocenters. The van der Waals surface area contributed by atoms with Crippen molar-refractivity contribution >= 4 is 5.97 Å². The van der Waals surface area contributed by atoms with Crippen molar-refractivity contribution in [1.29, 1.82) is 0 Å². The molecule has 3 rings (SSSR count). The maximum Gasteiger partial charge on any atom is 0.335 e. The molecule has 0 aromatic carbocycles. The van der Waals surface area contributed by atoms with Gasteiger partial charge in [-0.05, 0) is 48.5 Å². The van der Waals surface area contributed by atoms with Crippen LogP contribution in [-0.4, -0.2) is 11.1 Å². The quantitative estimate of drug-likeness (QED) is 0.752. The first kappa shape index (κ1) is 11.1. The largest absolute Gasteiger partial charge is 0.478 e. The third kappa shape index (κ3) is 1.05. The predicted molar refractivity (Wildman–Crippen MR) is 66.5 cm³/mol. The molecule has 0 heterocycles. The van der Waals surface area contributed by atoms with Crippen LogP contribution in [0.3, 0.4) is 0 Å². The van der Waals surface area contributed by atoms with Crippen molar-refractivity contribution in [3.63, 3.8) is 0 Å². The minimum atomic E-state index is -0.793.